The number of hydrogen-bond acceptors (Lipinski definition) is 3. The normalized spacial score (nSPS) is 11.7. The smallest absolute Gasteiger partial charge is 0.309 e. The Hall–Kier alpha value is -14.8. The molecule has 4 heterocycles. The molecule has 0 spiro atoms. The number of alkyl halides is 3. The molecule has 16 aromatic carbocycles. The summed E-state index contributed by atoms with van der Waals surface area (Å²) in [6.45, 7) is 8.43. The Kier molecular flexibility index (Phi) is 15.9. The van der Waals surface area contributed by atoms with Crippen LogP contribution in [0.15, 0.2) is 376 Å². The summed E-state index contributed by atoms with van der Waals surface area (Å²) in [4.78, 5) is 19.9. The average Bonchev–Trinajstić information content (AvgIpc) is 1.58. The first-order valence-electron chi connectivity index (χ1n) is 36.9. The van der Waals surface area contributed by atoms with Crippen LogP contribution in [0.3, 0.4) is 0 Å². The van der Waals surface area contributed by atoms with Gasteiger partial charge in [-0.1, -0.05) is 279 Å². The number of hydrogen-bond donors (Lipinski definition) is 0. The molecule has 10 heteroatoms. The van der Waals surface area contributed by atoms with Crippen molar-refractivity contribution < 1.29 is 13.2 Å². The molecule has 20 aromatic rings. The molecule has 0 aliphatic heterocycles. The van der Waals surface area contributed by atoms with Crippen LogP contribution in [0.1, 0.15) is 5.56 Å². The van der Waals surface area contributed by atoms with Crippen molar-refractivity contribution >= 4 is 71.1 Å². The molecule has 4 aromatic heterocycles. The zero-order valence-corrected chi connectivity index (χ0v) is 59.6. The van der Waals surface area contributed by atoms with E-state index in [1.54, 1.807) is 22.8 Å². The molecule has 0 saturated carbocycles. The van der Waals surface area contributed by atoms with Gasteiger partial charge in [-0.2, -0.15) is 13.2 Å². The molecule has 522 valence electrons. The van der Waals surface area contributed by atoms with E-state index in [0.717, 1.165) is 127 Å². The molecular weight excluding hydrogens is 1370 g/mol. The Labute approximate surface area is 637 Å². The zero-order valence-electron chi connectivity index (χ0n) is 59.6. The Morgan fingerprint density at radius 2 is 0.486 bits per heavy atom. The van der Waals surface area contributed by atoms with Crippen LogP contribution < -0.4 is 0 Å². The van der Waals surface area contributed by atoms with E-state index >= 15 is 13.2 Å². The van der Waals surface area contributed by atoms with E-state index in [2.05, 4.69) is 155 Å². The van der Waals surface area contributed by atoms with Gasteiger partial charge in [-0.25, -0.2) is 19.8 Å². The molecule has 111 heavy (non-hydrogen) atoms. The van der Waals surface area contributed by atoms with E-state index in [-0.39, 0.29) is 17.1 Å². The summed E-state index contributed by atoms with van der Waals surface area (Å²) < 4.78 is 59.8. The predicted molar refractivity (Wildman–Crippen MR) is 448 cm³/mol. The molecule has 0 saturated heterocycles. The van der Waals surface area contributed by atoms with Gasteiger partial charge in [0.05, 0.1) is 62.3 Å². The predicted octanol–water partition coefficient (Wildman–Crippen LogP) is 27.4. The molecule has 0 amide bonds. The first-order chi connectivity index (χ1) is 54.6. The highest BCUT2D eigenvalue weighted by atomic mass is 19.4. The second-order valence-corrected chi connectivity index (χ2v) is 28.0. The van der Waals surface area contributed by atoms with Gasteiger partial charge in [0, 0.05) is 54.6 Å². The zero-order chi connectivity index (χ0) is 74.3. The highest BCUT2D eigenvalue weighted by molar-refractivity contribution is 6.15. The molecular formula is C101H62F3N7. The third-order valence-electron chi connectivity index (χ3n) is 21.6. The number of halogens is 3. The van der Waals surface area contributed by atoms with Crippen LogP contribution in [0.2, 0.25) is 0 Å². The van der Waals surface area contributed by atoms with Crippen LogP contribution in [0.5, 0.6) is 0 Å². The van der Waals surface area contributed by atoms with Crippen LogP contribution >= 0.6 is 0 Å². The van der Waals surface area contributed by atoms with Gasteiger partial charge in [0.15, 0.2) is 23.2 Å². The lowest BCUT2D eigenvalue weighted by atomic mass is 9.94. The quantitative estimate of drug-likeness (QED) is 0.108. The van der Waals surface area contributed by atoms with Crippen molar-refractivity contribution in [3.05, 3.63) is 393 Å². The van der Waals surface area contributed by atoms with Gasteiger partial charge in [0.2, 0.25) is 0 Å². The third-order valence-corrected chi connectivity index (χ3v) is 21.6. The maximum atomic E-state index is 17.9. The van der Waals surface area contributed by atoms with Gasteiger partial charge < -0.3 is 13.7 Å². The molecule has 0 atom stereocenters. The standard InChI is InChI=1S/C101H62F3N7/c1-105-79-47-54-93(109-87-48-41-73(64-23-9-2-10-24-64)57-80(87)81-58-74(42-49-88(81)109)65-25-11-3-12-26-65)86(63-79)100-107-98(71-35-21-8-22-36-71)106-99(108-100)72-39-37-70(38-40-72)96-94(110-89-50-43-75(66-27-13-4-14-28-66)59-82(89)83-60-76(44-51-90(83)110)67-29-15-5-16-30-67)55-56-95(97(96)101(102,103)104)111-91-52-45-77(68-31-17-6-18-32-68)61-84(91)85-62-78(46-53-92(85)111)69-33-19-7-20-34-69/h2-63H. The van der Waals surface area contributed by atoms with E-state index in [0.29, 0.717) is 56.3 Å². The van der Waals surface area contributed by atoms with Crippen molar-refractivity contribution in [3.63, 3.8) is 0 Å². The molecule has 0 aliphatic rings. The van der Waals surface area contributed by atoms with Crippen molar-refractivity contribution in [2.24, 2.45) is 0 Å². The molecule has 0 N–H and O–H groups in total. The number of fused-ring (bicyclic) bond motifs is 9. The highest BCUT2D eigenvalue weighted by Gasteiger charge is 2.40. The van der Waals surface area contributed by atoms with Crippen molar-refractivity contribution in [1.82, 2.24) is 28.7 Å². The Balaban J connectivity index is 0.818. The van der Waals surface area contributed by atoms with Crippen LogP contribution in [-0.4, -0.2) is 28.7 Å². The SMILES string of the molecule is [C-]#[N+]c1ccc(-n2c3ccc(-c4ccccc4)cc3c3cc(-c4ccccc4)ccc32)c(-c2nc(-c3ccccc3)nc(-c3ccc(-c4c(-n5c6ccc(-c7ccccc7)cc6c6cc(-c7ccccc7)ccc65)ccc(-n5c6ccc(-c7ccccc7)cc6c6cc(-c7ccccc7)ccc65)c4C(F)(F)F)cc3)n2)c1. The first-order valence-corrected chi connectivity index (χ1v) is 36.9. The van der Waals surface area contributed by atoms with Gasteiger partial charge in [0.25, 0.3) is 0 Å². The molecule has 0 fully saturated rings. The summed E-state index contributed by atoms with van der Waals surface area (Å²) in [5, 5.41) is 5.44. The van der Waals surface area contributed by atoms with Crippen molar-refractivity contribution in [2.75, 3.05) is 0 Å². The van der Waals surface area contributed by atoms with E-state index in [4.69, 9.17) is 21.5 Å². The lowest BCUT2D eigenvalue weighted by Crippen LogP contribution is -2.15. The number of aromatic nitrogens is 6. The molecule has 0 bridgehead atoms. The molecule has 0 radical (unpaired) electrons. The monoisotopic (exact) mass is 1430 g/mol. The second-order valence-electron chi connectivity index (χ2n) is 28.0. The molecule has 0 aliphatic carbocycles. The molecule has 0 unspecified atom stereocenters. The number of nitrogens with zero attached hydrogens (tertiary/aromatic N) is 7. The fourth-order valence-corrected chi connectivity index (χ4v) is 16.3. The van der Waals surface area contributed by atoms with Gasteiger partial charge in [-0.3, -0.25) is 0 Å². The fourth-order valence-electron chi connectivity index (χ4n) is 16.3. The minimum atomic E-state index is -4.97. The Morgan fingerprint density at radius 3 is 0.802 bits per heavy atom. The van der Waals surface area contributed by atoms with Gasteiger partial charge >= 0.3 is 6.18 Å². The van der Waals surface area contributed by atoms with E-state index < -0.39 is 11.7 Å². The van der Waals surface area contributed by atoms with Crippen LogP contribution in [-0.2, 0) is 6.18 Å². The number of benzene rings is 16. The van der Waals surface area contributed by atoms with Crippen molar-refractivity contribution in [2.45, 2.75) is 6.18 Å². The average molecular weight is 1430 g/mol. The Bertz CT molecular complexity index is 6780. The first kappa shape index (κ1) is 65.7. The lowest BCUT2D eigenvalue weighted by Gasteiger charge is -2.24. The van der Waals surface area contributed by atoms with Crippen LogP contribution in [0, 0.1) is 6.57 Å². The van der Waals surface area contributed by atoms with Gasteiger partial charge in [-0.15, -0.1) is 0 Å². The largest absolute Gasteiger partial charge is 0.419 e. The summed E-state index contributed by atoms with van der Waals surface area (Å²) in [5.74, 6) is 0.938. The van der Waals surface area contributed by atoms with Crippen molar-refractivity contribution in [1.29, 1.82) is 0 Å². The minimum absolute atomic E-state index is 0.0266. The second kappa shape index (κ2) is 26.9. The van der Waals surface area contributed by atoms with Gasteiger partial charge in [0.1, 0.15) is 0 Å². The van der Waals surface area contributed by atoms with Gasteiger partial charge in [-0.05, 0) is 169 Å². The molecule has 20 rings (SSSR count). The lowest BCUT2D eigenvalue weighted by molar-refractivity contribution is -0.136. The summed E-state index contributed by atoms with van der Waals surface area (Å²) in [6.07, 6.45) is -4.97. The maximum absolute atomic E-state index is 17.9. The minimum Gasteiger partial charge on any atom is -0.309 e. The maximum Gasteiger partial charge on any atom is 0.419 e. The summed E-state index contributed by atoms with van der Waals surface area (Å²) in [7, 11) is 0. The third kappa shape index (κ3) is 11.6. The summed E-state index contributed by atoms with van der Waals surface area (Å²) >= 11 is 0. The fraction of sp³-hybridized carbons (Fsp3) is 0.00990. The van der Waals surface area contributed by atoms with Crippen molar-refractivity contribution in [3.8, 4) is 129 Å². The van der Waals surface area contributed by atoms with E-state index in [1.165, 1.54) is 0 Å². The number of rotatable bonds is 13. The Morgan fingerprint density at radius 1 is 0.234 bits per heavy atom. The topological polar surface area (TPSA) is 57.8 Å². The summed E-state index contributed by atoms with van der Waals surface area (Å²) in [6, 6.07) is 125. The molecule has 7 nitrogen and oxygen atoms in total. The van der Waals surface area contributed by atoms with Crippen LogP contribution in [0.25, 0.3) is 199 Å². The van der Waals surface area contributed by atoms with Crippen LogP contribution in [0.4, 0.5) is 18.9 Å². The van der Waals surface area contributed by atoms with E-state index in [1.807, 2.05) is 217 Å². The van der Waals surface area contributed by atoms with E-state index in [9.17, 15) is 0 Å². The summed E-state index contributed by atoms with van der Waals surface area (Å²) in [5.41, 5.74) is 19.4. The highest BCUT2D eigenvalue weighted by Crippen LogP contribution is 2.50.